The average Bonchev–Trinajstić information content (AvgIpc) is 2.67. The van der Waals surface area contributed by atoms with E-state index in [9.17, 15) is 0 Å². The van der Waals surface area contributed by atoms with E-state index in [0.717, 1.165) is 29.1 Å². The topological polar surface area (TPSA) is 68.5 Å². The molecule has 0 saturated carbocycles. The van der Waals surface area contributed by atoms with Gasteiger partial charge in [-0.3, -0.25) is 0 Å². The molecule has 18 heavy (non-hydrogen) atoms. The summed E-state index contributed by atoms with van der Waals surface area (Å²) in [5.41, 5.74) is 0. The molecule has 2 heterocycles. The van der Waals surface area contributed by atoms with Crippen molar-refractivity contribution >= 4 is 5.82 Å². The molecular weight excluding hydrogens is 228 g/mol. The first-order chi connectivity index (χ1) is 8.51. The van der Waals surface area contributed by atoms with Crippen molar-refractivity contribution in [2.45, 2.75) is 33.6 Å². The van der Waals surface area contributed by atoms with Crippen LogP contribution >= 0.6 is 0 Å². The predicted molar refractivity (Wildman–Crippen MR) is 70.1 cm³/mol. The number of hydrogen-bond donors (Lipinski definition) is 1. The molecule has 0 saturated heterocycles. The summed E-state index contributed by atoms with van der Waals surface area (Å²) >= 11 is 0. The highest BCUT2D eigenvalue weighted by molar-refractivity contribution is 5.41. The minimum Gasteiger partial charge on any atom is -0.373 e. The molecule has 2 aromatic heterocycles. The van der Waals surface area contributed by atoms with Crippen LogP contribution in [0.1, 0.15) is 37.2 Å². The largest absolute Gasteiger partial charge is 0.373 e. The normalized spacial score (nSPS) is 11.0. The standard InChI is InChI=1S/C12H18N6/c1-7(2)12-15-10(13-5)6-11(16-12)18-9(4)14-8(3)17-18/h6-7H,1-5H3,(H,13,15,16). The van der Waals surface area contributed by atoms with Crippen molar-refractivity contribution in [3.05, 3.63) is 23.5 Å². The van der Waals surface area contributed by atoms with Gasteiger partial charge in [-0.25, -0.2) is 15.0 Å². The Hall–Kier alpha value is -1.98. The molecule has 0 radical (unpaired) electrons. The average molecular weight is 246 g/mol. The van der Waals surface area contributed by atoms with Crippen molar-refractivity contribution in [2.24, 2.45) is 0 Å². The summed E-state index contributed by atoms with van der Waals surface area (Å²) in [6.07, 6.45) is 0. The first-order valence-corrected chi connectivity index (χ1v) is 5.98. The molecule has 0 aromatic carbocycles. The summed E-state index contributed by atoms with van der Waals surface area (Å²) in [5, 5.41) is 7.39. The van der Waals surface area contributed by atoms with Crippen LogP contribution in [0, 0.1) is 13.8 Å². The lowest BCUT2D eigenvalue weighted by Crippen LogP contribution is -2.09. The zero-order chi connectivity index (χ0) is 13.3. The second kappa shape index (κ2) is 4.72. The van der Waals surface area contributed by atoms with Gasteiger partial charge in [0, 0.05) is 19.0 Å². The molecule has 0 aliphatic carbocycles. The van der Waals surface area contributed by atoms with Gasteiger partial charge in [-0.05, 0) is 13.8 Å². The van der Waals surface area contributed by atoms with Crippen LogP contribution in [0.3, 0.4) is 0 Å². The van der Waals surface area contributed by atoms with Crippen LogP contribution in [0.5, 0.6) is 0 Å². The zero-order valence-electron chi connectivity index (χ0n) is 11.4. The predicted octanol–water partition coefficient (Wildman–Crippen LogP) is 1.84. The Kier molecular flexibility index (Phi) is 3.27. The van der Waals surface area contributed by atoms with Crippen LogP contribution in [0.25, 0.3) is 5.82 Å². The van der Waals surface area contributed by atoms with Gasteiger partial charge in [-0.2, -0.15) is 4.68 Å². The van der Waals surface area contributed by atoms with Crippen LogP contribution in [0.2, 0.25) is 0 Å². The van der Waals surface area contributed by atoms with Crippen molar-refractivity contribution in [3.8, 4) is 5.82 Å². The lowest BCUT2D eigenvalue weighted by atomic mass is 10.2. The number of aryl methyl sites for hydroxylation is 2. The molecule has 0 aliphatic rings. The van der Waals surface area contributed by atoms with Gasteiger partial charge in [-0.15, -0.1) is 5.10 Å². The third-order valence-corrected chi connectivity index (χ3v) is 2.59. The summed E-state index contributed by atoms with van der Waals surface area (Å²) in [4.78, 5) is 13.3. The fourth-order valence-corrected chi connectivity index (χ4v) is 1.69. The van der Waals surface area contributed by atoms with E-state index >= 15 is 0 Å². The Balaban J connectivity index is 2.56. The van der Waals surface area contributed by atoms with E-state index in [0.29, 0.717) is 0 Å². The lowest BCUT2D eigenvalue weighted by Gasteiger charge is -2.10. The molecule has 0 spiro atoms. The quantitative estimate of drug-likeness (QED) is 0.895. The Morgan fingerprint density at radius 3 is 2.39 bits per heavy atom. The first kappa shape index (κ1) is 12.5. The Morgan fingerprint density at radius 2 is 1.89 bits per heavy atom. The molecule has 96 valence electrons. The number of anilines is 1. The summed E-state index contributed by atoms with van der Waals surface area (Å²) < 4.78 is 1.74. The molecule has 0 fully saturated rings. The van der Waals surface area contributed by atoms with E-state index in [1.54, 1.807) is 4.68 Å². The van der Waals surface area contributed by atoms with Gasteiger partial charge in [0.2, 0.25) is 0 Å². The minimum atomic E-state index is 0.266. The number of nitrogens with one attached hydrogen (secondary N) is 1. The van der Waals surface area contributed by atoms with Gasteiger partial charge < -0.3 is 5.32 Å². The van der Waals surface area contributed by atoms with Gasteiger partial charge in [-0.1, -0.05) is 13.8 Å². The summed E-state index contributed by atoms with van der Waals surface area (Å²) in [6, 6.07) is 1.87. The highest BCUT2D eigenvalue weighted by atomic mass is 15.4. The smallest absolute Gasteiger partial charge is 0.161 e. The molecule has 6 heteroatoms. The van der Waals surface area contributed by atoms with Crippen LogP contribution in [-0.2, 0) is 0 Å². The van der Waals surface area contributed by atoms with Crippen molar-refractivity contribution < 1.29 is 0 Å². The molecule has 2 rings (SSSR count). The van der Waals surface area contributed by atoms with E-state index in [1.165, 1.54) is 0 Å². The van der Waals surface area contributed by atoms with Crippen molar-refractivity contribution in [2.75, 3.05) is 12.4 Å². The van der Waals surface area contributed by atoms with Crippen molar-refractivity contribution in [3.63, 3.8) is 0 Å². The third-order valence-electron chi connectivity index (χ3n) is 2.59. The molecular formula is C12H18N6. The molecule has 0 atom stereocenters. The highest BCUT2D eigenvalue weighted by Gasteiger charge is 2.12. The van der Waals surface area contributed by atoms with Gasteiger partial charge >= 0.3 is 0 Å². The van der Waals surface area contributed by atoms with Crippen molar-refractivity contribution in [1.82, 2.24) is 24.7 Å². The van der Waals surface area contributed by atoms with Gasteiger partial charge in [0.25, 0.3) is 0 Å². The van der Waals surface area contributed by atoms with E-state index in [2.05, 4.69) is 39.2 Å². The van der Waals surface area contributed by atoms with E-state index < -0.39 is 0 Å². The van der Waals surface area contributed by atoms with E-state index in [-0.39, 0.29) is 5.92 Å². The zero-order valence-corrected chi connectivity index (χ0v) is 11.4. The Morgan fingerprint density at radius 1 is 1.17 bits per heavy atom. The van der Waals surface area contributed by atoms with Crippen LogP contribution in [0.15, 0.2) is 6.07 Å². The first-order valence-electron chi connectivity index (χ1n) is 5.98. The summed E-state index contributed by atoms with van der Waals surface area (Å²) in [5.74, 6) is 4.16. The molecule has 2 aromatic rings. The number of hydrogen-bond acceptors (Lipinski definition) is 5. The monoisotopic (exact) mass is 246 g/mol. The van der Waals surface area contributed by atoms with Crippen LogP contribution < -0.4 is 5.32 Å². The lowest BCUT2D eigenvalue weighted by molar-refractivity contribution is 0.736. The molecule has 0 amide bonds. The Labute approximate surface area is 106 Å². The maximum Gasteiger partial charge on any atom is 0.161 e. The van der Waals surface area contributed by atoms with E-state index in [4.69, 9.17) is 0 Å². The number of rotatable bonds is 3. The summed E-state index contributed by atoms with van der Waals surface area (Å²) in [6.45, 7) is 7.92. The summed E-state index contributed by atoms with van der Waals surface area (Å²) in [7, 11) is 1.84. The third kappa shape index (κ3) is 2.32. The minimum absolute atomic E-state index is 0.266. The second-order valence-electron chi connectivity index (χ2n) is 4.49. The maximum atomic E-state index is 4.53. The molecule has 0 bridgehead atoms. The fraction of sp³-hybridized carbons (Fsp3) is 0.500. The Bertz CT molecular complexity index is 558. The van der Waals surface area contributed by atoms with Crippen LogP contribution in [0.4, 0.5) is 5.82 Å². The van der Waals surface area contributed by atoms with E-state index in [1.807, 2.05) is 27.0 Å². The molecule has 0 aliphatic heterocycles. The second-order valence-corrected chi connectivity index (χ2v) is 4.49. The number of nitrogens with zero attached hydrogens (tertiary/aromatic N) is 5. The van der Waals surface area contributed by atoms with Gasteiger partial charge in [0.1, 0.15) is 23.3 Å². The van der Waals surface area contributed by atoms with Gasteiger partial charge in [0.15, 0.2) is 5.82 Å². The van der Waals surface area contributed by atoms with Crippen molar-refractivity contribution in [1.29, 1.82) is 0 Å². The van der Waals surface area contributed by atoms with Crippen LogP contribution in [-0.4, -0.2) is 31.8 Å². The molecule has 0 unspecified atom stereocenters. The van der Waals surface area contributed by atoms with Gasteiger partial charge in [0.05, 0.1) is 0 Å². The number of aromatic nitrogens is 5. The fourth-order valence-electron chi connectivity index (χ4n) is 1.69. The highest BCUT2D eigenvalue weighted by Crippen LogP contribution is 2.16. The molecule has 1 N–H and O–H groups in total. The molecule has 6 nitrogen and oxygen atoms in total. The maximum absolute atomic E-state index is 4.53. The SMILES string of the molecule is CNc1cc(-n2nc(C)nc2C)nc(C(C)C)n1.